The molecule has 1 saturated heterocycles. The van der Waals surface area contributed by atoms with E-state index in [0.717, 1.165) is 36.9 Å². The quantitative estimate of drug-likeness (QED) is 0.249. The Morgan fingerprint density at radius 1 is 1.03 bits per heavy atom. The van der Waals surface area contributed by atoms with Crippen LogP contribution >= 0.6 is 0 Å². The third kappa shape index (κ3) is 5.82. The lowest BCUT2D eigenvalue weighted by Crippen LogP contribution is -2.32. The number of aliphatic hydroxyl groups excluding tert-OH is 1. The fourth-order valence-electron chi connectivity index (χ4n) is 3.96. The number of nitrogens with zero attached hydrogens (tertiary/aromatic N) is 2. The van der Waals surface area contributed by atoms with Crippen LogP contribution in [-0.4, -0.2) is 60.4 Å². The Bertz CT molecular complexity index is 994. The molecular weight excluding hydrogens is 416 g/mol. The van der Waals surface area contributed by atoms with Gasteiger partial charge < -0.3 is 19.6 Å². The molecule has 3 rings (SSSR count). The van der Waals surface area contributed by atoms with Crippen molar-refractivity contribution in [1.29, 1.82) is 0 Å². The van der Waals surface area contributed by atoms with E-state index in [9.17, 15) is 14.7 Å². The number of likely N-dealkylation sites (tertiary alicyclic amines) is 1. The molecule has 1 N–H and O–H groups in total. The first kappa shape index (κ1) is 24.5. The van der Waals surface area contributed by atoms with Gasteiger partial charge >= 0.3 is 0 Å². The summed E-state index contributed by atoms with van der Waals surface area (Å²) in [5.74, 6) is -0.667. The molecule has 1 fully saturated rings. The second-order valence-corrected chi connectivity index (χ2v) is 8.79. The third-order valence-corrected chi connectivity index (χ3v) is 5.83. The molecule has 0 aliphatic carbocycles. The number of aryl methyl sites for hydroxylation is 1. The van der Waals surface area contributed by atoms with Gasteiger partial charge in [-0.25, -0.2) is 0 Å². The molecule has 0 saturated carbocycles. The zero-order chi connectivity index (χ0) is 24.0. The molecule has 33 heavy (non-hydrogen) atoms. The van der Waals surface area contributed by atoms with Crippen molar-refractivity contribution in [3.63, 3.8) is 0 Å². The fourth-order valence-corrected chi connectivity index (χ4v) is 3.96. The molecule has 2 aromatic carbocycles. The van der Waals surface area contributed by atoms with Crippen molar-refractivity contribution in [3.8, 4) is 5.75 Å². The molecule has 2 aromatic rings. The van der Waals surface area contributed by atoms with Crippen molar-refractivity contribution in [2.45, 2.75) is 39.2 Å². The lowest BCUT2D eigenvalue weighted by Gasteiger charge is -2.26. The van der Waals surface area contributed by atoms with E-state index in [-0.39, 0.29) is 11.3 Å². The molecule has 6 nitrogen and oxygen atoms in total. The van der Waals surface area contributed by atoms with Crippen molar-refractivity contribution in [3.05, 3.63) is 70.8 Å². The number of ketones is 1. The van der Waals surface area contributed by atoms with E-state index in [1.807, 2.05) is 50.2 Å². The van der Waals surface area contributed by atoms with E-state index in [0.29, 0.717) is 24.5 Å². The number of hydrogen-bond acceptors (Lipinski definition) is 5. The minimum absolute atomic E-state index is 0.133. The summed E-state index contributed by atoms with van der Waals surface area (Å²) in [5, 5.41) is 11.2. The number of benzene rings is 2. The van der Waals surface area contributed by atoms with Gasteiger partial charge in [0, 0.05) is 12.1 Å². The molecule has 0 radical (unpaired) electrons. The minimum Gasteiger partial charge on any atom is -0.507 e. The number of Topliss-reactive ketones (excluding diaryl/α,β-unsaturated/α-hetero) is 1. The number of unbranched alkanes of at least 4 members (excludes halogenated alkanes) is 1. The van der Waals surface area contributed by atoms with Crippen molar-refractivity contribution in [2.24, 2.45) is 0 Å². The number of carbonyl (C=O) groups is 2. The number of ether oxygens (including phenoxy) is 1. The smallest absolute Gasteiger partial charge is 0.295 e. The van der Waals surface area contributed by atoms with Crippen LogP contribution in [0.4, 0.5) is 0 Å². The van der Waals surface area contributed by atoms with E-state index in [2.05, 4.69) is 6.92 Å². The molecular formula is C27H34N2O4. The zero-order valence-electron chi connectivity index (χ0n) is 20.0. The summed E-state index contributed by atoms with van der Waals surface area (Å²) in [6.07, 6.45) is 2.74. The lowest BCUT2D eigenvalue weighted by molar-refractivity contribution is -0.139. The second-order valence-electron chi connectivity index (χ2n) is 8.79. The van der Waals surface area contributed by atoms with Crippen LogP contribution in [0, 0.1) is 6.92 Å². The molecule has 1 unspecified atom stereocenters. The molecule has 6 heteroatoms. The number of rotatable bonds is 10. The lowest BCUT2D eigenvalue weighted by atomic mass is 9.94. The Kier molecular flexibility index (Phi) is 8.28. The van der Waals surface area contributed by atoms with Crippen molar-refractivity contribution < 1.29 is 19.4 Å². The van der Waals surface area contributed by atoms with Crippen LogP contribution in [0.5, 0.6) is 5.75 Å². The number of amides is 1. The maximum atomic E-state index is 13.1. The summed E-state index contributed by atoms with van der Waals surface area (Å²) >= 11 is 0. The van der Waals surface area contributed by atoms with Crippen molar-refractivity contribution >= 4 is 17.4 Å². The van der Waals surface area contributed by atoms with Crippen LogP contribution in [0.1, 0.15) is 48.9 Å². The van der Waals surface area contributed by atoms with E-state index >= 15 is 0 Å². The summed E-state index contributed by atoms with van der Waals surface area (Å²) in [6, 6.07) is 14.1. The van der Waals surface area contributed by atoms with Gasteiger partial charge in [0.1, 0.15) is 11.5 Å². The molecule has 1 aliphatic heterocycles. The fraction of sp³-hybridized carbons (Fsp3) is 0.407. The van der Waals surface area contributed by atoms with Gasteiger partial charge in [-0.05, 0) is 70.2 Å². The van der Waals surface area contributed by atoms with Crippen molar-refractivity contribution in [1.82, 2.24) is 9.80 Å². The van der Waals surface area contributed by atoms with Gasteiger partial charge in [0.25, 0.3) is 11.7 Å². The molecule has 1 aliphatic rings. The number of carbonyl (C=O) groups excluding carboxylic acids is 2. The SMILES string of the molecule is CCCCOc1ccc(/C(O)=C2\C(=O)C(=O)N(CCCN(C)C)C2c2ccc(C)cc2)cc1. The normalized spacial score (nSPS) is 17.7. The number of hydrogen-bond donors (Lipinski definition) is 1. The Balaban J connectivity index is 1.97. The highest BCUT2D eigenvalue weighted by molar-refractivity contribution is 6.46. The maximum Gasteiger partial charge on any atom is 0.295 e. The van der Waals surface area contributed by atoms with Crippen molar-refractivity contribution in [2.75, 3.05) is 33.8 Å². The first-order chi connectivity index (χ1) is 15.8. The molecule has 0 bridgehead atoms. The van der Waals surface area contributed by atoms with Crippen LogP contribution in [0.15, 0.2) is 54.1 Å². The Morgan fingerprint density at radius 3 is 2.30 bits per heavy atom. The Hall–Kier alpha value is -3.12. The van der Waals surface area contributed by atoms with Gasteiger partial charge in [-0.2, -0.15) is 0 Å². The van der Waals surface area contributed by atoms with Gasteiger partial charge in [0.05, 0.1) is 18.2 Å². The first-order valence-electron chi connectivity index (χ1n) is 11.6. The van der Waals surface area contributed by atoms with Gasteiger partial charge in [-0.3, -0.25) is 9.59 Å². The number of aliphatic hydroxyl groups is 1. The molecule has 1 amide bonds. The summed E-state index contributed by atoms with van der Waals surface area (Å²) in [5.41, 5.74) is 2.52. The first-order valence-corrected chi connectivity index (χ1v) is 11.6. The molecule has 1 atom stereocenters. The molecule has 1 heterocycles. The summed E-state index contributed by atoms with van der Waals surface area (Å²) < 4.78 is 5.70. The summed E-state index contributed by atoms with van der Waals surface area (Å²) in [7, 11) is 3.95. The van der Waals surface area contributed by atoms with E-state index in [1.54, 1.807) is 29.2 Å². The van der Waals surface area contributed by atoms with Gasteiger partial charge in [-0.15, -0.1) is 0 Å². The third-order valence-electron chi connectivity index (χ3n) is 5.83. The van der Waals surface area contributed by atoms with Crippen LogP contribution in [-0.2, 0) is 9.59 Å². The van der Waals surface area contributed by atoms with Crippen LogP contribution in [0.3, 0.4) is 0 Å². The van der Waals surface area contributed by atoms with E-state index in [4.69, 9.17) is 4.74 Å². The standard InChI is InChI=1S/C27H34N2O4/c1-5-6-18-33-22-14-12-21(13-15-22)25(30)23-24(20-10-8-19(2)9-11-20)29(27(32)26(23)31)17-7-16-28(3)4/h8-15,24,30H,5-7,16-18H2,1-4H3/b25-23+. The summed E-state index contributed by atoms with van der Waals surface area (Å²) in [6.45, 7) is 5.95. The largest absolute Gasteiger partial charge is 0.507 e. The van der Waals surface area contributed by atoms with Gasteiger partial charge in [0.15, 0.2) is 0 Å². The Morgan fingerprint density at radius 2 is 1.70 bits per heavy atom. The molecule has 0 spiro atoms. The second kappa shape index (κ2) is 11.1. The van der Waals surface area contributed by atoms with Gasteiger partial charge in [-0.1, -0.05) is 43.2 Å². The minimum atomic E-state index is -0.647. The topological polar surface area (TPSA) is 70.1 Å². The summed E-state index contributed by atoms with van der Waals surface area (Å²) in [4.78, 5) is 29.7. The predicted octanol–water partition coefficient (Wildman–Crippen LogP) is 4.55. The predicted molar refractivity (Wildman–Crippen MR) is 130 cm³/mol. The average molecular weight is 451 g/mol. The highest BCUT2D eigenvalue weighted by Crippen LogP contribution is 2.39. The van der Waals surface area contributed by atoms with E-state index in [1.165, 1.54) is 0 Å². The van der Waals surface area contributed by atoms with Crippen LogP contribution in [0.2, 0.25) is 0 Å². The average Bonchev–Trinajstić information content (AvgIpc) is 3.04. The zero-order valence-corrected chi connectivity index (χ0v) is 20.0. The van der Waals surface area contributed by atoms with Crippen LogP contribution < -0.4 is 4.74 Å². The highest BCUT2D eigenvalue weighted by atomic mass is 16.5. The highest BCUT2D eigenvalue weighted by Gasteiger charge is 2.45. The van der Waals surface area contributed by atoms with Crippen LogP contribution in [0.25, 0.3) is 5.76 Å². The monoisotopic (exact) mass is 450 g/mol. The van der Waals surface area contributed by atoms with Gasteiger partial charge in [0.2, 0.25) is 0 Å². The van der Waals surface area contributed by atoms with E-state index < -0.39 is 17.7 Å². The Labute approximate surface area is 196 Å². The molecule has 0 aromatic heterocycles. The maximum absolute atomic E-state index is 13.1. The molecule has 176 valence electrons.